The van der Waals surface area contributed by atoms with Gasteiger partial charge in [-0.1, -0.05) is 5.92 Å². The van der Waals surface area contributed by atoms with Crippen molar-refractivity contribution in [2.24, 2.45) is 5.92 Å². The predicted molar refractivity (Wildman–Crippen MR) is 28.0 cm³/mol. The summed E-state index contributed by atoms with van der Waals surface area (Å²) < 4.78 is 17.1. The maximum absolute atomic E-state index is 12.3. The minimum Gasteiger partial charge on any atom is -0.377 e. The van der Waals surface area contributed by atoms with Crippen LogP contribution in [0.1, 0.15) is 0 Å². The summed E-state index contributed by atoms with van der Waals surface area (Å²) in [5, 5.41) is 0. The SMILES string of the molecule is C#C[C@H]1COC[C@H]1F. The summed E-state index contributed by atoms with van der Waals surface area (Å²) in [6.07, 6.45) is 4.02. The Labute approximate surface area is 47.8 Å². The molecule has 0 aromatic carbocycles. The molecule has 0 unspecified atom stereocenters. The van der Waals surface area contributed by atoms with E-state index in [-0.39, 0.29) is 12.5 Å². The van der Waals surface area contributed by atoms with Gasteiger partial charge in [0.25, 0.3) is 0 Å². The number of rotatable bonds is 0. The maximum Gasteiger partial charge on any atom is 0.139 e. The van der Waals surface area contributed by atoms with Crippen molar-refractivity contribution in [3.05, 3.63) is 0 Å². The Morgan fingerprint density at radius 1 is 1.62 bits per heavy atom. The lowest BCUT2D eigenvalue weighted by molar-refractivity contribution is 0.173. The van der Waals surface area contributed by atoms with Crippen molar-refractivity contribution >= 4 is 0 Å². The molecule has 0 aliphatic carbocycles. The molecule has 1 heterocycles. The highest BCUT2D eigenvalue weighted by Crippen LogP contribution is 2.14. The fraction of sp³-hybridized carbons (Fsp3) is 0.667. The van der Waals surface area contributed by atoms with Crippen LogP contribution in [-0.2, 0) is 4.74 Å². The Hall–Kier alpha value is -0.550. The number of hydrogen-bond acceptors (Lipinski definition) is 1. The molecule has 8 heavy (non-hydrogen) atoms. The minimum atomic E-state index is -0.931. The third-order valence-corrected chi connectivity index (χ3v) is 1.23. The van der Waals surface area contributed by atoms with Gasteiger partial charge in [-0.25, -0.2) is 4.39 Å². The molecule has 0 saturated carbocycles. The summed E-state index contributed by atoms with van der Waals surface area (Å²) >= 11 is 0. The van der Waals surface area contributed by atoms with E-state index in [1.165, 1.54) is 0 Å². The van der Waals surface area contributed by atoms with E-state index in [0.717, 1.165) is 0 Å². The Bertz CT molecular complexity index is 116. The molecule has 0 bridgehead atoms. The molecule has 2 atom stereocenters. The van der Waals surface area contributed by atoms with Crippen LogP contribution in [-0.4, -0.2) is 19.4 Å². The second-order valence-corrected chi connectivity index (χ2v) is 1.83. The number of terminal acetylenes is 1. The van der Waals surface area contributed by atoms with Crippen LogP contribution in [0.2, 0.25) is 0 Å². The summed E-state index contributed by atoms with van der Waals surface area (Å²) in [7, 11) is 0. The van der Waals surface area contributed by atoms with Crippen molar-refractivity contribution in [3.63, 3.8) is 0 Å². The van der Waals surface area contributed by atoms with Crippen LogP contribution in [0.4, 0.5) is 4.39 Å². The average molecular weight is 114 g/mol. The average Bonchev–Trinajstić information content (AvgIpc) is 2.14. The molecular weight excluding hydrogens is 107 g/mol. The number of hydrogen-bond donors (Lipinski definition) is 0. The van der Waals surface area contributed by atoms with Crippen molar-refractivity contribution in [1.29, 1.82) is 0 Å². The third kappa shape index (κ3) is 0.823. The summed E-state index contributed by atoms with van der Waals surface area (Å²) in [5.41, 5.74) is 0. The molecule has 44 valence electrons. The van der Waals surface area contributed by atoms with Gasteiger partial charge in [0.2, 0.25) is 0 Å². The number of halogens is 1. The molecule has 2 heteroatoms. The van der Waals surface area contributed by atoms with Crippen LogP contribution in [0.5, 0.6) is 0 Å². The van der Waals surface area contributed by atoms with E-state index >= 15 is 0 Å². The molecule has 0 amide bonds. The van der Waals surface area contributed by atoms with E-state index in [4.69, 9.17) is 11.2 Å². The molecule has 1 fully saturated rings. The molecule has 0 aromatic rings. The van der Waals surface area contributed by atoms with Crippen LogP contribution >= 0.6 is 0 Å². The zero-order valence-electron chi connectivity index (χ0n) is 4.43. The topological polar surface area (TPSA) is 9.23 Å². The summed E-state index contributed by atoms with van der Waals surface area (Å²) in [4.78, 5) is 0. The Kier molecular flexibility index (Phi) is 1.50. The first-order valence-corrected chi connectivity index (χ1v) is 2.52. The Morgan fingerprint density at radius 3 is 2.62 bits per heavy atom. The molecule has 1 nitrogen and oxygen atoms in total. The van der Waals surface area contributed by atoms with Gasteiger partial charge in [0.05, 0.1) is 19.1 Å². The van der Waals surface area contributed by atoms with Gasteiger partial charge in [-0.15, -0.1) is 6.42 Å². The number of ether oxygens (including phenoxy) is 1. The fourth-order valence-electron chi connectivity index (χ4n) is 0.681. The quantitative estimate of drug-likeness (QED) is 0.419. The molecule has 0 spiro atoms. The lowest BCUT2D eigenvalue weighted by Crippen LogP contribution is -2.09. The monoisotopic (exact) mass is 114 g/mol. The van der Waals surface area contributed by atoms with Crippen molar-refractivity contribution < 1.29 is 9.13 Å². The minimum absolute atomic E-state index is 0.175. The van der Waals surface area contributed by atoms with Gasteiger partial charge in [-0.3, -0.25) is 0 Å². The standard InChI is InChI=1S/C6H7FO/c1-2-5-3-8-4-6(5)7/h1,5-6H,3-4H2/t5-,6+/m0/s1. The first-order chi connectivity index (χ1) is 3.84. The second-order valence-electron chi connectivity index (χ2n) is 1.83. The Morgan fingerprint density at radius 2 is 2.38 bits per heavy atom. The first-order valence-electron chi connectivity index (χ1n) is 2.52. The molecule has 0 radical (unpaired) electrons. The van der Waals surface area contributed by atoms with E-state index in [2.05, 4.69) is 5.92 Å². The molecule has 1 aliphatic heterocycles. The van der Waals surface area contributed by atoms with Crippen LogP contribution in [0.3, 0.4) is 0 Å². The fourth-order valence-corrected chi connectivity index (χ4v) is 0.681. The van der Waals surface area contributed by atoms with Gasteiger partial charge in [0.15, 0.2) is 0 Å². The molecule has 0 aromatic heterocycles. The van der Waals surface area contributed by atoms with Gasteiger partial charge < -0.3 is 4.74 Å². The largest absolute Gasteiger partial charge is 0.377 e. The normalized spacial score (nSPS) is 37.0. The molecule has 0 N–H and O–H groups in total. The third-order valence-electron chi connectivity index (χ3n) is 1.23. The van der Waals surface area contributed by atoms with Gasteiger partial charge in [0.1, 0.15) is 6.17 Å². The van der Waals surface area contributed by atoms with Crippen LogP contribution in [0.15, 0.2) is 0 Å². The van der Waals surface area contributed by atoms with Crippen molar-refractivity contribution in [2.45, 2.75) is 6.17 Å². The zero-order chi connectivity index (χ0) is 5.98. The van der Waals surface area contributed by atoms with E-state index < -0.39 is 6.17 Å². The van der Waals surface area contributed by atoms with Gasteiger partial charge >= 0.3 is 0 Å². The highest BCUT2D eigenvalue weighted by molar-refractivity contribution is 4.99. The van der Waals surface area contributed by atoms with E-state index in [0.29, 0.717) is 6.61 Å². The second kappa shape index (κ2) is 2.15. The lowest BCUT2D eigenvalue weighted by Gasteiger charge is -1.97. The molecular formula is C6H7FO. The van der Waals surface area contributed by atoms with E-state index in [1.54, 1.807) is 0 Å². The van der Waals surface area contributed by atoms with Crippen LogP contribution in [0.25, 0.3) is 0 Å². The first kappa shape index (κ1) is 5.58. The highest BCUT2D eigenvalue weighted by Gasteiger charge is 2.25. The maximum atomic E-state index is 12.3. The Balaban J connectivity index is 2.45. The smallest absolute Gasteiger partial charge is 0.139 e. The molecule has 1 rings (SSSR count). The summed E-state index contributed by atoms with van der Waals surface area (Å²) in [6.45, 7) is 0.562. The van der Waals surface area contributed by atoms with E-state index in [1.807, 2.05) is 0 Å². The lowest BCUT2D eigenvalue weighted by atomic mass is 10.1. The van der Waals surface area contributed by atoms with Gasteiger partial charge in [0, 0.05) is 0 Å². The van der Waals surface area contributed by atoms with Crippen molar-refractivity contribution in [2.75, 3.05) is 13.2 Å². The molecule has 1 saturated heterocycles. The zero-order valence-corrected chi connectivity index (χ0v) is 4.43. The van der Waals surface area contributed by atoms with Crippen LogP contribution in [0, 0.1) is 18.3 Å². The predicted octanol–water partition coefficient (Wildman–Crippen LogP) is 0.604. The van der Waals surface area contributed by atoms with Gasteiger partial charge in [-0.05, 0) is 0 Å². The number of alkyl halides is 1. The highest BCUT2D eigenvalue weighted by atomic mass is 19.1. The van der Waals surface area contributed by atoms with Crippen molar-refractivity contribution in [3.8, 4) is 12.3 Å². The molecule has 1 aliphatic rings. The van der Waals surface area contributed by atoms with E-state index in [9.17, 15) is 4.39 Å². The summed E-state index contributed by atoms with van der Waals surface area (Å²) in [5.74, 6) is 2.02. The van der Waals surface area contributed by atoms with Gasteiger partial charge in [-0.2, -0.15) is 0 Å². The van der Waals surface area contributed by atoms with Crippen LogP contribution < -0.4 is 0 Å². The summed E-state index contributed by atoms with van der Waals surface area (Å²) in [6, 6.07) is 0. The van der Waals surface area contributed by atoms with Crippen molar-refractivity contribution in [1.82, 2.24) is 0 Å².